The van der Waals surface area contributed by atoms with E-state index in [2.05, 4.69) is 40.7 Å². The smallest absolute Gasteiger partial charge is 0.0577 e. The van der Waals surface area contributed by atoms with E-state index in [-0.39, 0.29) is 12.2 Å². The second-order valence-corrected chi connectivity index (χ2v) is 13.1. The van der Waals surface area contributed by atoms with Gasteiger partial charge in [0.15, 0.2) is 0 Å². The first-order valence-electron chi connectivity index (χ1n) is 13.6. The van der Waals surface area contributed by atoms with E-state index >= 15 is 0 Å². The minimum Gasteiger partial charge on any atom is -0.393 e. The van der Waals surface area contributed by atoms with Gasteiger partial charge in [0.2, 0.25) is 0 Å². The Kier molecular flexibility index (Phi) is 6.75. The average molecular weight is 431 g/mol. The van der Waals surface area contributed by atoms with Crippen LogP contribution >= 0.6 is 0 Å². The molecule has 2 heteroatoms. The zero-order valence-electron chi connectivity index (χ0n) is 21.2. The number of allylic oxidation sites excluding steroid dienone is 1. The molecule has 0 bridgehead atoms. The van der Waals surface area contributed by atoms with Crippen molar-refractivity contribution in [2.24, 2.45) is 52.3 Å². The number of aliphatic hydroxyl groups excluding tert-OH is 2. The fourth-order valence-electron chi connectivity index (χ4n) is 9.41. The molecule has 4 aliphatic carbocycles. The Bertz CT molecular complexity index is 658. The third-order valence-corrected chi connectivity index (χ3v) is 11.3. The SMILES string of the molecule is CC(C)[C@@H](CC[C@@H](C)[C@H]1CCC2C3CC=C4C[C@@H](O)CC[C@]4(C)C3CC[C@@]21C)[C@@H](C)O. The van der Waals surface area contributed by atoms with E-state index in [1.807, 2.05) is 6.92 Å². The highest BCUT2D eigenvalue weighted by Gasteiger charge is 2.59. The maximum atomic E-state index is 10.2. The van der Waals surface area contributed by atoms with Crippen LogP contribution in [0, 0.1) is 52.3 Å². The van der Waals surface area contributed by atoms with Gasteiger partial charge >= 0.3 is 0 Å². The Balaban J connectivity index is 1.47. The second-order valence-electron chi connectivity index (χ2n) is 13.1. The zero-order chi connectivity index (χ0) is 22.6. The highest BCUT2D eigenvalue weighted by molar-refractivity contribution is 5.25. The molecule has 4 aliphatic rings. The minimum atomic E-state index is -0.187. The van der Waals surface area contributed by atoms with Gasteiger partial charge in [-0.25, -0.2) is 0 Å². The second kappa shape index (κ2) is 8.79. The van der Waals surface area contributed by atoms with Gasteiger partial charge in [-0.1, -0.05) is 52.7 Å². The molecule has 31 heavy (non-hydrogen) atoms. The minimum absolute atomic E-state index is 0.0993. The van der Waals surface area contributed by atoms with Crippen molar-refractivity contribution in [3.05, 3.63) is 11.6 Å². The molecular weight excluding hydrogens is 380 g/mol. The molecule has 0 saturated heterocycles. The summed E-state index contributed by atoms with van der Waals surface area (Å²) in [6.07, 6.45) is 14.8. The first kappa shape index (κ1) is 23.8. The lowest BCUT2D eigenvalue weighted by Crippen LogP contribution is -2.50. The summed E-state index contributed by atoms with van der Waals surface area (Å²) in [4.78, 5) is 0. The van der Waals surface area contributed by atoms with Gasteiger partial charge < -0.3 is 10.2 Å². The third-order valence-electron chi connectivity index (χ3n) is 11.3. The quantitative estimate of drug-likeness (QED) is 0.446. The van der Waals surface area contributed by atoms with E-state index in [4.69, 9.17) is 0 Å². The normalized spacial score (nSPS) is 45.3. The van der Waals surface area contributed by atoms with Crippen molar-refractivity contribution in [1.29, 1.82) is 0 Å². The summed E-state index contributed by atoms with van der Waals surface area (Å²) in [6, 6.07) is 0. The molecule has 178 valence electrons. The molecule has 0 spiro atoms. The van der Waals surface area contributed by atoms with Crippen molar-refractivity contribution in [3.63, 3.8) is 0 Å². The van der Waals surface area contributed by atoms with Gasteiger partial charge in [0.05, 0.1) is 12.2 Å². The summed E-state index contributed by atoms with van der Waals surface area (Å²) in [5, 5.41) is 20.5. The Morgan fingerprint density at radius 3 is 2.39 bits per heavy atom. The fraction of sp³-hybridized carbons (Fsp3) is 0.931. The Labute approximate surface area is 192 Å². The molecule has 0 radical (unpaired) electrons. The molecule has 2 nitrogen and oxygen atoms in total. The third kappa shape index (κ3) is 4.07. The molecule has 0 aliphatic heterocycles. The van der Waals surface area contributed by atoms with Gasteiger partial charge in [0, 0.05) is 0 Å². The van der Waals surface area contributed by atoms with Gasteiger partial charge in [-0.2, -0.15) is 0 Å². The summed E-state index contributed by atoms with van der Waals surface area (Å²) in [5.74, 6) is 5.21. The zero-order valence-corrected chi connectivity index (χ0v) is 21.2. The predicted octanol–water partition coefficient (Wildman–Crippen LogP) is 7.00. The lowest BCUT2D eigenvalue weighted by molar-refractivity contribution is -0.0578. The van der Waals surface area contributed by atoms with Crippen LogP contribution in [0.3, 0.4) is 0 Å². The van der Waals surface area contributed by atoms with Crippen LogP contribution in [0.4, 0.5) is 0 Å². The maximum absolute atomic E-state index is 10.2. The topological polar surface area (TPSA) is 40.5 Å². The van der Waals surface area contributed by atoms with Crippen LogP contribution < -0.4 is 0 Å². The predicted molar refractivity (Wildman–Crippen MR) is 130 cm³/mol. The fourth-order valence-corrected chi connectivity index (χ4v) is 9.41. The van der Waals surface area contributed by atoms with E-state index in [1.165, 1.54) is 51.4 Å². The lowest BCUT2D eigenvalue weighted by Gasteiger charge is -2.58. The molecule has 10 atom stereocenters. The van der Waals surface area contributed by atoms with Gasteiger partial charge in [-0.3, -0.25) is 0 Å². The first-order chi connectivity index (χ1) is 14.6. The molecule has 0 amide bonds. The van der Waals surface area contributed by atoms with Crippen LogP contribution in [0.1, 0.15) is 106 Å². The van der Waals surface area contributed by atoms with Gasteiger partial charge in [-0.05, 0) is 117 Å². The highest BCUT2D eigenvalue weighted by atomic mass is 16.3. The molecule has 2 N–H and O–H groups in total. The molecule has 0 heterocycles. The van der Waals surface area contributed by atoms with E-state index < -0.39 is 0 Å². The number of aliphatic hydroxyl groups is 2. The van der Waals surface area contributed by atoms with Crippen LogP contribution in [0.15, 0.2) is 11.6 Å². The molecule has 3 unspecified atom stereocenters. The van der Waals surface area contributed by atoms with E-state index in [0.717, 1.165) is 42.4 Å². The summed E-state index contributed by atoms with van der Waals surface area (Å²) in [7, 11) is 0. The van der Waals surface area contributed by atoms with Crippen molar-refractivity contribution in [2.75, 3.05) is 0 Å². The summed E-state index contributed by atoms with van der Waals surface area (Å²) >= 11 is 0. The lowest BCUT2D eigenvalue weighted by atomic mass is 9.47. The Morgan fingerprint density at radius 1 is 0.968 bits per heavy atom. The van der Waals surface area contributed by atoms with Gasteiger partial charge in [0.25, 0.3) is 0 Å². The van der Waals surface area contributed by atoms with Crippen LogP contribution in [0.2, 0.25) is 0 Å². The van der Waals surface area contributed by atoms with Crippen molar-refractivity contribution in [3.8, 4) is 0 Å². The maximum Gasteiger partial charge on any atom is 0.0577 e. The molecule has 0 aromatic heterocycles. The van der Waals surface area contributed by atoms with Crippen LogP contribution in [-0.4, -0.2) is 22.4 Å². The standard InChI is InChI=1S/C29H50O2/c1-18(2)23(20(4)30)9-7-19(3)25-11-12-26-24-10-8-21-17-22(31)13-15-28(21,5)27(24)14-16-29(25,26)6/h8,18-20,22-27,30-31H,7,9-17H2,1-6H3/t19-,20-,22+,23-,24?,25-,26?,27?,28+,29-/m1/s1. The number of hydrogen-bond donors (Lipinski definition) is 2. The first-order valence-corrected chi connectivity index (χ1v) is 13.6. The summed E-state index contributed by atoms with van der Waals surface area (Å²) < 4.78 is 0. The van der Waals surface area contributed by atoms with Gasteiger partial charge in [-0.15, -0.1) is 0 Å². The summed E-state index contributed by atoms with van der Waals surface area (Å²) in [6.45, 7) is 14.2. The molecular formula is C29H50O2. The summed E-state index contributed by atoms with van der Waals surface area (Å²) in [5.41, 5.74) is 2.46. The van der Waals surface area contributed by atoms with Crippen molar-refractivity contribution >= 4 is 0 Å². The number of hydrogen-bond acceptors (Lipinski definition) is 2. The van der Waals surface area contributed by atoms with Crippen molar-refractivity contribution < 1.29 is 10.2 Å². The molecule has 0 aromatic carbocycles. The van der Waals surface area contributed by atoms with Crippen molar-refractivity contribution in [2.45, 2.75) is 118 Å². The number of fused-ring (bicyclic) bond motifs is 5. The molecule has 3 saturated carbocycles. The highest BCUT2D eigenvalue weighted by Crippen LogP contribution is 2.67. The Morgan fingerprint density at radius 2 is 1.71 bits per heavy atom. The van der Waals surface area contributed by atoms with E-state index in [9.17, 15) is 10.2 Å². The van der Waals surface area contributed by atoms with Crippen LogP contribution in [0.5, 0.6) is 0 Å². The van der Waals surface area contributed by atoms with Crippen LogP contribution in [0.25, 0.3) is 0 Å². The van der Waals surface area contributed by atoms with Crippen LogP contribution in [-0.2, 0) is 0 Å². The largest absolute Gasteiger partial charge is 0.393 e. The van der Waals surface area contributed by atoms with E-state index in [1.54, 1.807) is 5.57 Å². The Hall–Kier alpha value is -0.340. The van der Waals surface area contributed by atoms with Gasteiger partial charge in [0.1, 0.15) is 0 Å². The average Bonchev–Trinajstić information content (AvgIpc) is 3.05. The monoisotopic (exact) mass is 430 g/mol. The van der Waals surface area contributed by atoms with E-state index in [0.29, 0.717) is 22.7 Å². The molecule has 3 fully saturated rings. The molecule has 0 aromatic rings. The molecule has 4 rings (SSSR count). The number of rotatable bonds is 6. The van der Waals surface area contributed by atoms with Crippen molar-refractivity contribution in [1.82, 2.24) is 0 Å².